The Balaban J connectivity index is 2.11. The highest BCUT2D eigenvalue weighted by Gasteiger charge is 2.24. The summed E-state index contributed by atoms with van der Waals surface area (Å²) in [6.07, 6.45) is 2.21. The van der Waals surface area contributed by atoms with Gasteiger partial charge in [-0.1, -0.05) is 6.92 Å². The van der Waals surface area contributed by atoms with Crippen LogP contribution in [0.1, 0.15) is 31.7 Å². The summed E-state index contributed by atoms with van der Waals surface area (Å²) in [5, 5.41) is 4.65. The van der Waals surface area contributed by atoms with Crippen LogP contribution in [0.4, 0.5) is 0 Å². The first-order valence-corrected chi connectivity index (χ1v) is 7.65. The van der Waals surface area contributed by atoms with Crippen LogP contribution in [0.3, 0.4) is 0 Å². The summed E-state index contributed by atoms with van der Waals surface area (Å²) in [6.45, 7) is 9.31. The second kappa shape index (κ2) is 6.17. The lowest BCUT2D eigenvalue weighted by Crippen LogP contribution is -2.24. The van der Waals surface area contributed by atoms with E-state index in [1.165, 1.54) is 22.3 Å². The third-order valence-electron chi connectivity index (χ3n) is 3.77. The summed E-state index contributed by atoms with van der Waals surface area (Å²) in [6, 6.07) is 0. The van der Waals surface area contributed by atoms with Crippen molar-refractivity contribution < 1.29 is 0 Å². The lowest BCUT2D eigenvalue weighted by molar-refractivity contribution is 0.306. The fourth-order valence-electron chi connectivity index (χ4n) is 2.63. The van der Waals surface area contributed by atoms with Gasteiger partial charge in [-0.3, -0.25) is 9.58 Å². The van der Waals surface area contributed by atoms with E-state index in [9.17, 15) is 0 Å². The van der Waals surface area contributed by atoms with Crippen molar-refractivity contribution in [3.8, 4) is 0 Å². The van der Waals surface area contributed by atoms with Crippen molar-refractivity contribution in [2.45, 2.75) is 39.8 Å². The zero-order valence-electron chi connectivity index (χ0n) is 11.3. The van der Waals surface area contributed by atoms with Gasteiger partial charge in [0.25, 0.3) is 0 Å². The average Bonchev–Trinajstić information content (AvgIpc) is 2.96. The van der Waals surface area contributed by atoms with Crippen LogP contribution in [0.5, 0.6) is 0 Å². The highest BCUT2D eigenvalue weighted by Crippen LogP contribution is 2.26. The van der Waals surface area contributed by atoms with Crippen molar-refractivity contribution in [2.24, 2.45) is 11.7 Å². The lowest BCUT2D eigenvalue weighted by Gasteiger charge is -2.16. The zero-order chi connectivity index (χ0) is 13.1. The van der Waals surface area contributed by atoms with Crippen molar-refractivity contribution in [3.05, 3.63) is 15.9 Å². The molecule has 4 nitrogen and oxygen atoms in total. The van der Waals surface area contributed by atoms with Gasteiger partial charge in [0.1, 0.15) is 0 Å². The van der Waals surface area contributed by atoms with Crippen molar-refractivity contribution in [2.75, 3.05) is 19.6 Å². The third kappa shape index (κ3) is 2.78. The molecule has 2 rings (SSSR count). The van der Waals surface area contributed by atoms with Crippen LogP contribution >= 0.6 is 15.9 Å². The maximum atomic E-state index is 5.75. The normalized spacial score (nSPS) is 20.8. The molecule has 1 atom stereocenters. The molecule has 0 bridgehead atoms. The Morgan fingerprint density at radius 1 is 1.44 bits per heavy atom. The van der Waals surface area contributed by atoms with Crippen molar-refractivity contribution in [1.82, 2.24) is 14.7 Å². The molecule has 102 valence electrons. The summed E-state index contributed by atoms with van der Waals surface area (Å²) in [7, 11) is 0. The van der Waals surface area contributed by atoms with Gasteiger partial charge in [-0.2, -0.15) is 5.10 Å². The van der Waals surface area contributed by atoms with Gasteiger partial charge in [0.15, 0.2) is 0 Å². The van der Waals surface area contributed by atoms with Gasteiger partial charge in [0.05, 0.1) is 15.9 Å². The van der Waals surface area contributed by atoms with Crippen molar-refractivity contribution >= 4 is 15.9 Å². The van der Waals surface area contributed by atoms with E-state index in [2.05, 4.69) is 44.5 Å². The second-order valence-electron chi connectivity index (χ2n) is 5.00. The maximum Gasteiger partial charge on any atom is 0.0767 e. The highest BCUT2D eigenvalue weighted by atomic mass is 79.9. The molecule has 0 amide bonds. The summed E-state index contributed by atoms with van der Waals surface area (Å²) in [5.41, 5.74) is 8.23. The van der Waals surface area contributed by atoms with Crippen LogP contribution in [0, 0.1) is 5.92 Å². The SMILES string of the molecule is CCc1nn(CC)c(CN2CCC(CN)C2)c1Br. The number of halogens is 1. The van der Waals surface area contributed by atoms with Gasteiger partial charge in [0, 0.05) is 19.6 Å². The molecule has 5 heteroatoms. The Bertz CT molecular complexity index is 402. The number of aromatic nitrogens is 2. The number of nitrogens with two attached hydrogens (primary N) is 1. The maximum absolute atomic E-state index is 5.75. The minimum absolute atomic E-state index is 0.674. The fraction of sp³-hybridized carbons (Fsp3) is 0.769. The molecule has 1 unspecified atom stereocenters. The van der Waals surface area contributed by atoms with Gasteiger partial charge in [-0.15, -0.1) is 0 Å². The number of nitrogens with zero attached hydrogens (tertiary/aromatic N) is 3. The van der Waals surface area contributed by atoms with Crippen LogP contribution in [0.2, 0.25) is 0 Å². The van der Waals surface area contributed by atoms with E-state index >= 15 is 0 Å². The predicted molar refractivity (Wildman–Crippen MR) is 77.4 cm³/mol. The molecule has 18 heavy (non-hydrogen) atoms. The van der Waals surface area contributed by atoms with Gasteiger partial charge in [-0.05, 0) is 54.7 Å². The third-order valence-corrected chi connectivity index (χ3v) is 4.69. The minimum Gasteiger partial charge on any atom is -0.330 e. The fourth-order valence-corrected chi connectivity index (χ4v) is 3.32. The van der Waals surface area contributed by atoms with Crippen LogP contribution in [-0.4, -0.2) is 34.3 Å². The minimum atomic E-state index is 0.674. The Kier molecular flexibility index (Phi) is 4.81. The Labute approximate surface area is 118 Å². The summed E-state index contributed by atoms with van der Waals surface area (Å²) >= 11 is 3.71. The monoisotopic (exact) mass is 314 g/mol. The molecule has 1 aliphatic heterocycles. The average molecular weight is 315 g/mol. The molecule has 1 saturated heterocycles. The van der Waals surface area contributed by atoms with Gasteiger partial charge in [0.2, 0.25) is 0 Å². The first-order valence-electron chi connectivity index (χ1n) is 6.86. The molecular weight excluding hydrogens is 292 g/mol. The standard InChI is InChI=1S/C13H23BrN4/c1-3-11-13(14)12(18(4-2)16-11)9-17-6-5-10(7-15)8-17/h10H,3-9,15H2,1-2H3. The molecule has 1 aliphatic rings. The van der Waals surface area contributed by atoms with Crippen molar-refractivity contribution in [1.29, 1.82) is 0 Å². The predicted octanol–water partition coefficient (Wildman–Crippen LogP) is 2.01. The molecule has 2 N–H and O–H groups in total. The molecule has 1 aromatic rings. The van der Waals surface area contributed by atoms with Gasteiger partial charge < -0.3 is 5.73 Å². The van der Waals surface area contributed by atoms with Crippen LogP contribution < -0.4 is 5.73 Å². The van der Waals surface area contributed by atoms with E-state index in [1.807, 2.05) is 0 Å². The van der Waals surface area contributed by atoms with E-state index in [0.29, 0.717) is 5.92 Å². The number of hydrogen-bond donors (Lipinski definition) is 1. The van der Waals surface area contributed by atoms with E-state index in [-0.39, 0.29) is 0 Å². The van der Waals surface area contributed by atoms with Crippen LogP contribution in [0.25, 0.3) is 0 Å². The lowest BCUT2D eigenvalue weighted by atomic mass is 10.1. The Morgan fingerprint density at radius 3 is 2.78 bits per heavy atom. The van der Waals surface area contributed by atoms with Crippen molar-refractivity contribution in [3.63, 3.8) is 0 Å². The zero-order valence-corrected chi connectivity index (χ0v) is 12.9. The quantitative estimate of drug-likeness (QED) is 0.904. The molecular formula is C13H23BrN4. The van der Waals surface area contributed by atoms with Gasteiger partial charge >= 0.3 is 0 Å². The summed E-state index contributed by atoms with van der Waals surface area (Å²) in [5.74, 6) is 0.674. The largest absolute Gasteiger partial charge is 0.330 e. The van der Waals surface area contributed by atoms with Crippen LogP contribution in [-0.2, 0) is 19.5 Å². The first-order chi connectivity index (χ1) is 8.69. The van der Waals surface area contributed by atoms with E-state index < -0.39 is 0 Å². The van der Waals surface area contributed by atoms with E-state index in [0.717, 1.165) is 39.1 Å². The molecule has 0 aliphatic carbocycles. The molecule has 0 radical (unpaired) electrons. The van der Waals surface area contributed by atoms with Gasteiger partial charge in [-0.25, -0.2) is 0 Å². The number of aryl methyl sites for hydroxylation is 2. The summed E-state index contributed by atoms with van der Waals surface area (Å²) in [4.78, 5) is 2.49. The Morgan fingerprint density at radius 2 is 2.22 bits per heavy atom. The van der Waals surface area contributed by atoms with Crippen LogP contribution in [0.15, 0.2) is 4.47 Å². The van der Waals surface area contributed by atoms with E-state index in [1.54, 1.807) is 0 Å². The number of rotatable bonds is 5. The first kappa shape index (κ1) is 14.0. The number of likely N-dealkylation sites (tertiary alicyclic amines) is 1. The summed E-state index contributed by atoms with van der Waals surface area (Å²) < 4.78 is 3.32. The second-order valence-corrected chi connectivity index (χ2v) is 5.80. The van der Waals surface area contributed by atoms with E-state index in [4.69, 9.17) is 5.73 Å². The highest BCUT2D eigenvalue weighted by molar-refractivity contribution is 9.10. The molecule has 0 saturated carbocycles. The molecule has 0 spiro atoms. The Hall–Kier alpha value is -0.390. The smallest absolute Gasteiger partial charge is 0.0767 e. The molecule has 0 aromatic carbocycles. The molecule has 1 fully saturated rings. The topological polar surface area (TPSA) is 47.1 Å². The molecule has 2 heterocycles. The number of hydrogen-bond acceptors (Lipinski definition) is 3. The molecule has 1 aromatic heterocycles.